The first-order valence-corrected chi connectivity index (χ1v) is 9.79. The maximum Gasteiger partial charge on any atom is 0.317 e. The zero-order chi connectivity index (χ0) is 20.3. The molecule has 28 heavy (non-hydrogen) atoms. The maximum absolute atomic E-state index is 12.6. The van der Waals surface area contributed by atoms with Crippen LogP contribution < -0.4 is 5.32 Å². The zero-order valence-corrected chi connectivity index (χ0v) is 17.3. The van der Waals surface area contributed by atoms with Gasteiger partial charge in [0.05, 0.1) is 0 Å². The summed E-state index contributed by atoms with van der Waals surface area (Å²) in [6, 6.07) is 11.0. The van der Waals surface area contributed by atoms with Gasteiger partial charge in [0.2, 0.25) is 0 Å². The minimum Gasteiger partial charge on any atom is -0.456 e. The van der Waals surface area contributed by atoms with Crippen LogP contribution in [0.2, 0.25) is 5.02 Å². The van der Waals surface area contributed by atoms with Crippen LogP contribution in [0.4, 0.5) is 4.79 Å². The van der Waals surface area contributed by atoms with E-state index in [1.807, 2.05) is 31.2 Å². The second-order valence-corrected chi connectivity index (χ2v) is 8.12. The number of piperazine rings is 1. The van der Waals surface area contributed by atoms with Gasteiger partial charge in [-0.2, -0.15) is 0 Å². The van der Waals surface area contributed by atoms with Crippen molar-refractivity contribution in [3.8, 4) is 0 Å². The smallest absolute Gasteiger partial charge is 0.317 e. The molecule has 6 nitrogen and oxygen atoms in total. The lowest BCUT2D eigenvalue weighted by molar-refractivity contribution is 0.0632. The quantitative estimate of drug-likeness (QED) is 0.846. The number of carbonyl (C=O) groups is 2. The third-order valence-electron chi connectivity index (χ3n) is 5.09. The summed E-state index contributed by atoms with van der Waals surface area (Å²) in [6.45, 7) is 8.34. The Labute approximate surface area is 170 Å². The number of nitrogens with zero attached hydrogens (tertiary/aromatic N) is 2. The van der Waals surface area contributed by atoms with Gasteiger partial charge in [-0.3, -0.25) is 4.79 Å². The number of rotatable bonds is 4. The number of furan rings is 1. The molecule has 0 unspecified atom stereocenters. The summed E-state index contributed by atoms with van der Waals surface area (Å²) in [4.78, 5) is 28.5. The number of aryl methyl sites for hydroxylation is 1. The Morgan fingerprint density at radius 2 is 1.71 bits per heavy atom. The van der Waals surface area contributed by atoms with Gasteiger partial charge in [-0.05, 0) is 30.7 Å². The van der Waals surface area contributed by atoms with Crippen molar-refractivity contribution in [1.29, 1.82) is 0 Å². The summed E-state index contributed by atoms with van der Waals surface area (Å²) in [6.07, 6.45) is 0. The predicted octanol–water partition coefficient (Wildman–Crippen LogP) is 3.69. The third kappa shape index (κ3) is 4.50. The fourth-order valence-corrected chi connectivity index (χ4v) is 3.72. The fraction of sp³-hybridized carbons (Fsp3) is 0.429. The van der Waals surface area contributed by atoms with Gasteiger partial charge in [0.25, 0.3) is 5.91 Å². The second kappa shape index (κ2) is 8.27. The fourth-order valence-electron chi connectivity index (χ4n) is 3.33. The Kier molecular flexibility index (Phi) is 5.98. The van der Waals surface area contributed by atoms with Gasteiger partial charge in [0.15, 0.2) is 5.76 Å². The predicted molar refractivity (Wildman–Crippen MR) is 109 cm³/mol. The highest BCUT2D eigenvalue weighted by Crippen LogP contribution is 2.29. The van der Waals surface area contributed by atoms with E-state index in [0.717, 1.165) is 5.56 Å². The highest BCUT2D eigenvalue weighted by atomic mass is 35.5. The first-order chi connectivity index (χ1) is 13.3. The standard InChI is InChI=1S/C21H26ClN3O3/c1-15-8-9-18(28-15)19(26)24-10-12-25(13-11-24)20(27)23-14-21(2,3)16-6-4-5-7-17(16)22/h4-9H,10-14H2,1-3H3,(H,23,27). The number of urea groups is 1. The van der Waals surface area contributed by atoms with Crippen LogP contribution in [0.15, 0.2) is 40.8 Å². The molecule has 0 spiro atoms. The number of benzene rings is 1. The van der Waals surface area contributed by atoms with E-state index in [0.29, 0.717) is 49.3 Å². The molecule has 1 aromatic carbocycles. The summed E-state index contributed by atoms with van der Waals surface area (Å²) < 4.78 is 5.41. The molecule has 1 aromatic heterocycles. The molecule has 0 radical (unpaired) electrons. The molecule has 1 saturated heterocycles. The molecule has 3 rings (SSSR count). The van der Waals surface area contributed by atoms with Crippen LogP contribution in [0, 0.1) is 6.92 Å². The van der Waals surface area contributed by atoms with E-state index in [1.165, 1.54) is 0 Å². The van der Waals surface area contributed by atoms with Gasteiger partial charge in [-0.25, -0.2) is 4.79 Å². The van der Waals surface area contributed by atoms with Crippen molar-refractivity contribution in [3.05, 3.63) is 58.5 Å². The van der Waals surface area contributed by atoms with Crippen molar-refractivity contribution in [3.63, 3.8) is 0 Å². The topological polar surface area (TPSA) is 65.8 Å². The second-order valence-electron chi connectivity index (χ2n) is 7.71. The summed E-state index contributed by atoms with van der Waals surface area (Å²) in [5.41, 5.74) is 0.712. The first kappa shape index (κ1) is 20.3. The van der Waals surface area contributed by atoms with Crippen LogP contribution in [-0.2, 0) is 5.41 Å². The zero-order valence-electron chi connectivity index (χ0n) is 16.5. The highest BCUT2D eigenvalue weighted by Gasteiger charge is 2.28. The number of amides is 3. The molecular weight excluding hydrogens is 378 g/mol. The van der Waals surface area contributed by atoms with Crippen LogP contribution in [0.25, 0.3) is 0 Å². The first-order valence-electron chi connectivity index (χ1n) is 9.41. The average molecular weight is 404 g/mol. The van der Waals surface area contributed by atoms with E-state index in [1.54, 1.807) is 21.9 Å². The largest absolute Gasteiger partial charge is 0.456 e. The molecule has 0 atom stereocenters. The highest BCUT2D eigenvalue weighted by molar-refractivity contribution is 6.31. The molecule has 3 amide bonds. The maximum atomic E-state index is 12.6. The molecule has 0 aliphatic carbocycles. The molecule has 0 bridgehead atoms. The molecule has 1 aliphatic heterocycles. The number of hydrogen-bond acceptors (Lipinski definition) is 3. The van der Waals surface area contributed by atoms with Gasteiger partial charge in [0.1, 0.15) is 5.76 Å². The van der Waals surface area contributed by atoms with Crippen molar-refractivity contribution in [2.24, 2.45) is 0 Å². The van der Waals surface area contributed by atoms with Gasteiger partial charge in [-0.1, -0.05) is 43.6 Å². The van der Waals surface area contributed by atoms with Crippen LogP contribution >= 0.6 is 11.6 Å². The Balaban J connectivity index is 1.51. The molecule has 1 N–H and O–H groups in total. The Morgan fingerprint density at radius 1 is 1.07 bits per heavy atom. The van der Waals surface area contributed by atoms with Crippen molar-refractivity contribution in [2.75, 3.05) is 32.7 Å². The molecule has 7 heteroatoms. The van der Waals surface area contributed by atoms with Crippen LogP contribution in [0.1, 0.15) is 35.7 Å². The molecule has 2 aromatic rings. The van der Waals surface area contributed by atoms with Gasteiger partial charge < -0.3 is 19.5 Å². The number of halogens is 1. The van der Waals surface area contributed by atoms with E-state index >= 15 is 0 Å². The summed E-state index contributed by atoms with van der Waals surface area (Å²) >= 11 is 6.30. The Hall–Kier alpha value is -2.47. The normalized spacial score (nSPS) is 14.9. The van der Waals surface area contributed by atoms with Gasteiger partial charge >= 0.3 is 6.03 Å². The molecule has 2 heterocycles. The summed E-state index contributed by atoms with van der Waals surface area (Å²) in [5, 5.41) is 3.70. The van der Waals surface area contributed by atoms with Crippen molar-refractivity contribution >= 4 is 23.5 Å². The average Bonchev–Trinajstić information content (AvgIpc) is 3.12. The van der Waals surface area contributed by atoms with E-state index in [4.69, 9.17) is 16.0 Å². The van der Waals surface area contributed by atoms with Crippen LogP contribution in [-0.4, -0.2) is 54.5 Å². The molecule has 150 valence electrons. The van der Waals surface area contributed by atoms with E-state index in [-0.39, 0.29) is 17.4 Å². The van der Waals surface area contributed by atoms with Crippen LogP contribution in [0.5, 0.6) is 0 Å². The van der Waals surface area contributed by atoms with E-state index in [9.17, 15) is 9.59 Å². The lowest BCUT2D eigenvalue weighted by Gasteiger charge is -2.35. The Bertz CT molecular complexity index is 854. The molecular formula is C21H26ClN3O3. The third-order valence-corrected chi connectivity index (χ3v) is 5.42. The SMILES string of the molecule is Cc1ccc(C(=O)N2CCN(C(=O)NCC(C)(C)c3ccccc3Cl)CC2)o1. The van der Waals surface area contributed by atoms with Gasteiger partial charge in [0, 0.05) is 43.2 Å². The molecule has 1 fully saturated rings. The van der Waals surface area contributed by atoms with Crippen molar-refractivity contribution in [2.45, 2.75) is 26.2 Å². The Morgan fingerprint density at radius 3 is 2.32 bits per heavy atom. The lowest BCUT2D eigenvalue weighted by atomic mass is 9.84. The molecule has 0 saturated carbocycles. The number of nitrogens with one attached hydrogen (secondary N) is 1. The number of hydrogen-bond donors (Lipinski definition) is 1. The molecule has 1 aliphatic rings. The minimum absolute atomic E-state index is 0.124. The number of carbonyl (C=O) groups excluding carboxylic acids is 2. The summed E-state index contributed by atoms with van der Waals surface area (Å²) in [5.74, 6) is 0.924. The van der Waals surface area contributed by atoms with Crippen molar-refractivity contribution in [1.82, 2.24) is 15.1 Å². The lowest BCUT2D eigenvalue weighted by Crippen LogP contribution is -2.54. The van der Waals surface area contributed by atoms with Gasteiger partial charge in [-0.15, -0.1) is 0 Å². The minimum atomic E-state index is -0.289. The van der Waals surface area contributed by atoms with E-state index < -0.39 is 0 Å². The van der Waals surface area contributed by atoms with Crippen molar-refractivity contribution < 1.29 is 14.0 Å². The summed E-state index contributed by atoms with van der Waals surface area (Å²) in [7, 11) is 0. The monoisotopic (exact) mass is 403 g/mol. The van der Waals surface area contributed by atoms with E-state index in [2.05, 4.69) is 19.2 Å². The van der Waals surface area contributed by atoms with Crippen LogP contribution in [0.3, 0.4) is 0 Å².